The van der Waals surface area contributed by atoms with Gasteiger partial charge in [-0.25, -0.2) is 18.6 Å². The first kappa shape index (κ1) is 17.9. The molecule has 0 saturated heterocycles. The summed E-state index contributed by atoms with van der Waals surface area (Å²) in [6.07, 6.45) is 3.52. The Bertz CT molecular complexity index is 792. The van der Waals surface area contributed by atoms with Gasteiger partial charge in [0.2, 0.25) is 5.95 Å². The molecular formula is C16H16FN3O3S. The lowest BCUT2D eigenvalue weighted by Gasteiger charge is -2.15. The second-order valence-electron chi connectivity index (χ2n) is 5.20. The van der Waals surface area contributed by atoms with E-state index >= 15 is 0 Å². The first-order valence-electron chi connectivity index (χ1n) is 7.09. The maximum Gasteiger partial charge on any atom is 0.261 e. The van der Waals surface area contributed by atoms with Gasteiger partial charge < -0.3 is 0 Å². The molecule has 0 fully saturated rings. The van der Waals surface area contributed by atoms with Gasteiger partial charge in [-0.1, -0.05) is 13.8 Å². The summed E-state index contributed by atoms with van der Waals surface area (Å²) in [6.45, 7) is 3.80. The van der Waals surface area contributed by atoms with Crippen LogP contribution in [-0.4, -0.2) is 25.0 Å². The minimum atomic E-state index is -2.33. The molecule has 1 aromatic carbocycles. The highest BCUT2D eigenvalue weighted by molar-refractivity contribution is 7.80. The van der Waals surface area contributed by atoms with Gasteiger partial charge in [-0.3, -0.25) is 14.1 Å². The molecule has 6 nitrogen and oxygen atoms in total. The molecule has 2 rings (SSSR count). The Labute approximate surface area is 141 Å². The molecule has 0 bridgehead atoms. The van der Waals surface area contributed by atoms with Gasteiger partial charge >= 0.3 is 0 Å². The Balaban J connectivity index is 2.72. The van der Waals surface area contributed by atoms with Crippen molar-refractivity contribution in [3.63, 3.8) is 0 Å². The number of carbonyl (C=O) groups excluding carboxylic acids is 1. The van der Waals surface area contributed by atoms with Crippen LogP contribution in [0.25, 0.3) is 17.3 Å². The third-order valence-electron chi connectivity index (χ3n) is 3.16. The molecule has 0 spiro atoms. The second-order valence-corrected chi connectivity index (χ2v) is 5.91. The van der Waals surface area contributed by atoms with Gasteiger partial charge in [0, 0.05) is 11.1 Å². The average molecular weight is 349 g/mol. The topological polar surface area (TPSA) is 92.2 Å². The van der Waals surface area contributed by atoms with Crippen LogP contribution in [-0.2, 0) is 16.1 Å². The lowest BCUT2D eigenvalue weighted by atomic mass is 9.98. The van der Waals surface area contributed by atoms with E-state index in [1.807, 2.05) is 13.8 Å². The number of aromatic nitrogens is 2. The predicted octanol–water partition coefficient (Wildman–Crippen LogP) is 3.17. The summed E-state index contributed by atoms with van der Waals surface area (Å²) in [5.41, 5.74) is 2.21. The SMILES string of the molecule is CC(C)c1nc(NS(=O)O)nc(-c2ccc(F)cc2)c1C=CC=O. The van der Waals surface area contributed by atoms with Crippen molar-refractivity contribution in [3.05, 3.63) is 47.4 Å². The van der Waals surface area contributed by atoms with Gasteiger partial charge in [-0.2, -0.15) is 0 Å². The van der Waals surface area contributed by atoms with Gasteiger partial charge in [0.1, 0.15) is 12.1 Å². The minimum Gasteiger partial charge on any atom is -0.299 e. The van der Waals surface area contributed by atoms with E-state index in [0.717, 1.165) is 0 Å². The van der Waals surface area contributed by atoms with E-state index in [2.05, 4.69) is 14.7 Å². The highest BCUT2D eigenvalue weighted by Crippen LogP contribution is 2.30. The van der Waals surface area contributed by atoms with Crippen LogP contribution in [0.1, 0.15) is 31.0 Å². The Morgan fingerprint density at radius 2 is 1.92 bits per heavy atom. The Kier molecular flexibility index (Phi) is 5.88. The number of hydrogen-bond acceptors (Lipinski definition) is 4. The normalized spacial score (nSPS) is 12.5. The van der Waals surface area contributed by atoms with Gasteiger partial charge in [-0.05, 0) is 42.3 Å². The van der Waals surface area contributed by atoms with Crippen LogP contribution in [0.5, 0.6) is 0 Å². The van der Waals surface area contributed by atoms with Crippen LogP contribution in [0.15, 0.2) is 30.3 Å². The monoisotopic (exact) mass is 349 g/mol. The van der Waals surface area contributed by atoms with Gasteiger partial charge in [0.25, 0.3) is 11.3 Å². The van der Waals surface area contributed by atoms with Crippen molar-refractivity contribution in [3.8, 4) is 11.3 Å². The molecule has 0 saturated carbocycles. The largest absolute Gasteiger partial charge is 0.299 e. The second kappa shape index (κ2) is 7.89. The number of hydrogen-bond donors (Lipinski definition) is 2. The summed E-state index contributed by atoms with van der Waals surface area (Å²) >= 11 is -2.33. The van der Waals surface area contributed by atoms with E-state index in [4.69, 9.17) is 4.55 Å². The van der Waals surface area contributed by atoms with Crippen LogP contribution in [0.3, 0.4) is 0 Å². The highest BCUT2D eigenvalue weighted by atomic mass is 32.2. The summed E-state index contributed by atoms with van der Waals surface area (Å²) < 4.78 is 35.5. The van der Waals surface area contributed by atoms with E-state index < -0.39 is 17.1 Å². The number of benzene rings is 1. The molecule has 0 aliphatic rings. The van der Waals surface area contributed by atoms with Crippen molar-refractivity contribution in [2.75, 3.05) is 4.72 Å². The smallest absolute Gasteiger partial charge is 0.261 e. The van der Waals surface area contributed by atoms with E-state index in [-0.39, 0.29) is 11.9 Å². The van der Waals surface area contributed by atoms with E-state index in [0.29, 0.717) is 28.8 Å². The number of nitrogens with one attached hydrogen (secondary N) is 1. The third-order valence-corrected chi connectivity index (χ3v) is 3.52. The molecule has 0 aliphatic carbocycles. The van der Waals surface area contributed by atoms with E-state index in [1.165, 1.54) is 18.2 Å². The lowest BCUT2D eigenvalue weighted by molar-refractivity contribution is -0.104. The molecule has 1 atom stereocenters. The molecule has 0 radical (unpaired) electrons. The summed E-state index contributed by atoms with van der Waals surface area (Å²) in [7, 11) is 0. The molecule has 1 aromatic heterocycles. The van der Waals surface area contributed by atoms with Crippen molar-refractivity contribution >= 4 is 29.6 Å². The Hall–Kier alpha value is -2.45. The Morgan fingerprint density at radius 3 is 2.46 bits per heavy atom. The molecular weight excluding hydrogens is 333 g/mol. The van der Waals surface area contributed by atoms with Crippen LogP contribution in [0.4, 0.5) is 10.3 Å². The number of allylic oxidation sites excluding steroid dienone is 1. The fourth-order valence-electron chi connectivity index (χ4n) is 2.18. The van der Waals surface area contributed by atoms with Crippen molar-refractivity contribution in [2.45, 2.75) is 19.8 Å². The summed E-state index contributed by atoms with van der Waals surface area (Å²) in [4.78, 5) is 19.2. The minimum absolute atomic E-state index is 0.0258. The number of halogens is 1. The fourth-order valence-corrected chi connectivity index (χ4v) is 2.43. The maximum absolute atomic E-state index is 13.2. The Morgan fingerprint density at radius 1 is 1.25 bits per heavy atom. The predicted molar refractivity (Wildman–Crippen MR) is 91.0 cm³/mol. The number of carbonyl (C=O) groups is 1. The van der Waals surface area contributed by atoms with Crippen LogP contribution in [0.2, 0.25) is 0 Å². The quantitative estimate of drug-likeness (QED) is 0.475. The zero-order chi connectivity index (χ0) is 17.7. The van der Waals surface area contributed by atoms with Gasteiger partial charge in [0.05, 0.1) is 11.4 Å². The van der Waals surface area contributed by atoms with Crippen molar-refractivity contribution in [1.29, 1.82) is 0 Å². The third kappa shape index (κ3) is 4.30. The molecule has 8 heteroatoms. The average Bonchev–Trinajstić information content (AvgIpc) is 2.53. The number of nitrogens with zero attached hydrogens (tertiary/aromatic N) is 2. The number of aldehydes is 1. The van der Waals surface area contributed by atoms with Gasteiger partial charge in [-0.15, -0.1) is 0 Å². The molecule has 2 N–H and O–H groups in total. The summed E-state index contributed by atoms with van der Waals surface area (Å²) in [5.74, 6) is -0.454. The lowest BCUT2D eigenvalue weighted by Crippen LogP contribution is -2.11. The number of anilines is 1. The van der Waals surface area contributed by atoms with Crippen LogP contribution in [0, 0.1) is 5.82 Å². The van der Waals surface area contributed by atoms with Crippen LogP contribution < -0.4 is 4.72 Å². The van der Waals surface area contributed by atoms with E-state index in [9.17, 15) is 13.4 Å². The molecule has 1 heterocycles. The molecule has 24 heavy (non-hydrogen) atoms. The molecule has 0 amide bonds. The molecule has 2 aromatic rings. The van der Waals surface area contributed by atoms with Crippen molar-refractivity contribution < 1.29 is 17.9 Å². The zero-order valence-electron chi connectivity index (χ0n) is 13.1. The first-order valence-corrected chi connectivity index (χ1v) is 8.20. The molecule has 1 unspecified atom stereocenters. The first-order chi connectivity index (χ1) is 11.4. The molecule has 0 aliphatic heterocycles. The maximum atomic E-state index is 13.2. The standard InChI is InChI=1S/C16H16FN3O3S/c1-10(2)14-13(4-3-9-21)15(11-5-7-12(17)8-6-11)19-16(18-14)20-24(22)23/h3-10H,1-2H3,(H,22,23)(H,18,19,20). The zero-order valence-corrected chi connectivity index (χ0v) is 13.9. The summed E-state index contributed by atoms with van der Waals surface area (Å²) in [6, 6.07) is 5.66. The highest BCUT2D eigenvalue weighted by Gasteiger charge is 2.17. The van der Waals surface area contributed by atoms with Crippen molar-refractivity contribution in [1.82, 2.24) is 9.97 Å². The van der Waals surface area contributed by atoms with Crippen LogP contribution >= 0.6 is 0 Å². The summed E-state index contributed by atoms with van der Waals surface area (Å²) in [5, 5.41) is 0. The number of rotatable bonds is 6. The molecule has 126 valence electrons. The van der Waals surface area contributed by atoms with Crippen molar-refractivity contribution in [2.24, 2.45) is 0 Å². The van der Waals surface area contributed by atoms with Gasteiger partial charge in [0.15, 0.2) is 0 Å². The fraction of sp³-hybridized carbons (Fsp3) is 0.188. The van der Waals surface area contributed by atoms with E-state index in [1.54, 1.807) is 18.2 Å².